The van der Waals surface area contributed by atoms with Crippen LogP contribution in [0.5, 0.6) is 0 Å². The summed E-state index contributed by atoms with van der Waals surface area (Å²) in [6.45, 7) is 3.29. The Morgan fingerprint density at radius 1 is 1.10 bits per heavy atom. The highest BCUT2D eigenvalue weighted by atomic mass is 15.1. The van der Waals surface area contributed by atoms with E-state index in [4.69, 9.17) is 0 Å². The molecule has 0 heterocycles. The van der Waals surface area contributed by atoms with E-state index in [1.54, 1.807) is 0 Å². The van der Waals surface area contributed by atoms with Crippen LogP contribution in [-0.2, 0) is 6.54 Å². The number of benzene rings is 1. The van der Waals surface area contributed by atoms with Crippen molar-refractivity contribution < 1.29 is 0 Å². The van der Waals surface area contributed by atoms with E-state index in [0.717, 1.165) is 18.6 Å². The summed E-state index contributed by atoms with van der Waals surface area (Å²) in [5.74, 6) is 0. The van der Waals surface area contributed by atoms with Crippen molar-refractivity contribution in [3.63, 3.8) is 0 Å². The van der Waals surface area contributed by atoms with E-state index in [2.05, 4.69) is 42.4 Å². The number of nitrogens with one attached hydrogen (secondary N) is 1. The molecule has 0 saturated heterocycles. The highest BCUT2D eigenvalue weighted by molar-refractivity contribution is 5.54. The van der Waals surface area contributed by atoms with Gasteiger partial charge in [-0.25, -0.2) is 0 Å². The van der Waals surface area contributed by atoms with Crippen molar-refractivity contribution in [2.45, 2.75) is 70.5 Å². The van der Waals surface area contributed by atoms with Crippen molar-refractivity contribution in [2.24, 2.45) is 0 Å². The van der Waals surface area contributed by atoms with Gasteiger partial charge in [0.1, 0.15) is 0 Å². The Bertz CT molecular complexity index is 445. The Hall–Kier alpha value is -1.02. The van der Waals surface area contributed by atoms with Gasteiger partial charge >= 0.3 is 0 Å². The number of hydrogen-bond acceptors (Lipinski definition) is 2. The van der Waals surface area contributed by atoms with Gasteiger partial charge in [-0.05, 0) is 49.8 Å². The summed E-state index contributed by atoms with van der Waals surface area (Å²) in [5, 5.41) is 3.60. The fourth-order valence-corrected chi connectivity index (χ4v) is 3.44. The van der Waals surface area contributed by atoms with E-state index in [1.165, 1.54) is 61.8 Å². The second kappa shape index (κ2) is 6.17. The standard InChI is InChI=1S/C18H28N2/c1-14-12-15(13-19-16-9-10-16)8-11-18(14)20(2)17-6-4-3-5-7-17/h8,11-12,16-17,19H,3-7,9-10,13H2,1-2H3. The first kappa shape index (κ1) is 13.9. The Labute approximate surface area is 123 Å². The van der Waals surface area contributed by atoms with Gasteiger partial charge in [-0.3, -0.25) is 0 Å². The van der Waals surface area contributed by atoms with E-state index >= 15 is 0 Å². The molecule has 2 fully saturated rings. The molecule has 1 aromatic rings. The van der Waals surface area contributed by atoms with Gasteiger partial charge in [0, 0.05) is 31.4 Å². The molecule has 2 aliphatic rings. The van der Waals surface area contributed by atoms with Crippen molar-refractivity contribution in [2.75, 3.05) is 11.9 Å². The summed E-state index contributed by atoms with van der Waals surface area (Å²) in [7, 11) is 2.28. The van der Waals surface area contributed by atoms with Crippen LogP contribution in [-0.4, -0.2) is 19.1 Å². The number of aryl methyl sites for hydroxylation is 1. The normalized spacial score (nSPS) is 20.1. The van der Waals surface area contributed by atoms with Crippen LogP contribution in [0.3, 0.4) is 0 Å². The predicted molar refractivity (Wildman–Crippen MR) is 86.3 cm³/mol. The number of rotatable bonds is 5. The van der Waals surface area contributed by atoms with Crippen molar-refractivity contribution in [1.29, 1.82) is 0 Å². The molecule has 1 N–H and O–H groups in total. The molecule has 2 nitrogen and oxygen atoms in total. The molecule has 0 aromatic heterocycles. The largest absolute Gasteiger partial charge is 0.371 e. The van der Waals surface area contributed by atoms with Gasteiger partial charge in [0.15, 0.2) is 0 Å². The zero-order valence-corrected chi connectivity index (χ0v) is 13.0. The van der Waals surface area contributed by atoms with Crippen LogP contribution in [0.4, 0.5) is 5.69 Å². The molecule has 110 valence electrons. The molecule has 2 aliphatic carbocycles. The van der Waals surface area contributed by atoms with Crippen molar-refractivity contribution in [3.05, 3.63) is 29.3 Å². The average Bonchev–Trinajstić information content (AvgIpc) is 3.30. The number of nitrogens with zero attached hydrogens (tertiary/aromatic N) is 1. The first-order valence-corrected chi connectivity index (χ1v) is 8.30. The van der Waals surface area contributed by atoms with Gasteiger partial charge < -0.3 is 10.2 Å². The van der Waals surface area contributed by atoms with E-state index in [0.29, 0.717) is 0 Å². The summed E-state index contributed by atoms with van der Waals surface area (Å²) in [6.07, 6.45) is 9.68. The molecule has 0 atom stereocenters. The van der Waals surface area contributed by atoms with E-state index in [-0.39, 0.29) is 0 Å². The van der Waals surface area contributed by atoms with Gasteiger partial charge in [0.2, 0.25) is 0 Å². The first-order valence-electron chi connectivity index (χ1n) is 8.30. The smallest absolute Gasteiger partial charge is 0.0396 e. The maximum Gasteiger partial charge on any atom is 0.0396 e. The van der Waals surface area contributed by atoms with Crippen molar-refractivity contribution >= 4 is 5.69 Å². The Morgan fingerprint density at radius 3 is 2.50 bits per heavy atom. The fourth-order valence-electron chi connectivity index (χ4n) is 3.44. The summed E-state index contributed by atoms with van der Waals surface area (Å²) in [4.78, 5) is 2.52. The second-order valence-corrected chi connectivity index (χ2v) is 6.68. The topological polar surface area (TPSA) is 15.3 Å². The van der Waals surface area contributed by atoms with Crippen LogP contribution >= 0.6 is 0 Å². The third-order valence-electron chi connectivity index (χ3n) is 4.94. The predicted octanol–water partition coefficient (Wildman–Crippen LogP) is 4.02. The van der Waals surface area contributed by atoms with E-state index in [9.17, 15) is 0 Å². The summed E-state index contributed by atoms with van der Waals surface area (Å²) in [5.41, 5.74) is 4.27. The van der Waals surface area contributed by atoms with Gasteiger partial charge in [0.25, 0.3) is 0 Å². The molecule has 0 unspecified atom stereocenters. The highest BCUT2D eigenvalue weighted by Gasteiger charge is 2.21. The molecule has 20 heavy (non-hydrogen) atoms. The maximum absolute atomic E-state index is 3.60. The molecule has 3 rings (SSSR count). The molecule has 2 heteroatoms. The van der Waals surface area contributed by atoms with Crippen LogP contribution in [0.15, 0.2) is 18.2 Å². The minimum absolute atomic E-state index is 0.748. The molecule has 0 spiro atoms. The quantitative estimate of drug-likeness (QED) is 0.871. The SMILES string of the molecule is Cc1cc(CNC2CC2)ccc1N(C)C1CCCCC1. The number of anilines is 1. The van der Waals surface area contributed by atoms with Gasteiger partial charge in [0.05, 0.1) is 0 Å². The van der Waals surface area contributed by atoms with Crippen LogP contribution in [0, 0.1) is 6.92 Å². The maximum atomic E-state index is 3.60. The molecule has 0 bridgehead atoms. The monoisotopic (exact) mass is 272 g/mol. The lowest BCUT2D eigenvalue weighted by Crippen LogP contribution is -2.33. The third kappa shape index (κ3) is 3.35. The zero-order chi connectivity index (χ0) is 13.9. The molecular formula is C18H28N2. The summed E-state index contributed by atoms with van der Waals surface area (Å²) in [6, 6.07) is 8.53. The molecule has 0 aliphatic heterocycles. The Morgan fingerprint density at radius 2 is 1.85 bits per heavy atom. The minimum atomic E-state index is 0.748. The van der Waals surface area contributed by atoms with Crippen molar-refractivity contribution in [3.8, 4) is 0 Å². The minimum Gasteiger partial charge on any atom is -0.371 e. The molecule has 2 saturated carbocycles. The van der Waals surface area contributed by atoms with Gasteiger partial charge in [-0.15, -0.1) is 0 Å². The lowest BCUT2D eigenvalue weighted by Gasteiger charge is -2.34. The second-order valence-electron chi connectivity index (χ2n) is 6.68. The molecule has 0 radical (unpaired) electrons. The van der Waals surface area contributed by atoms with Crippen LogP contribution < -0.4 is 10.2 Å². The van der Waals surface area contributed by atoms with E-state index < -0.39 is 0 Å². The van der Waals surface area contributed by atoms with Crippen LogP contribution in [0.2, 0.25) is 0 Å². The fraction of sp³-hybridized carbons (Fsp3) is 0.667. The lowest BCUT2D eigenvalue weighted by atomic mass is 9.93. The van der Waals surface area contributed by atoms with Gasteiger partial charge in [-0.1, -0.05) is 31.4 Å². The molecule has 0 amide bonds. The average molecular weight is 272 g/mol. The zero-order valence-electron chi connectivity index (χ0n) is 13.0. The lowest BCUT2D eigenvalue weighted by molar-refractivity contribution is 0.427. The first-order chi connectivity index (χ1) is 9.74. The molecule has 1 aromatic carbocycles. The Kier molecular flexibility index (Phi) is 4.30. The van der Waals surface area contributed by atoms with Crippen LogP contribution in [0.25, 0.3) is 0 Å². The van der Waals surface area contributed by atoms with Crippen LogP contribution in [0.1, 0.15) is 56.1 Å². The molecular weight excluding hydrogens is 244 g/mol. The summed E-state index contributed by atoms with van der Waals surface area (Å²) < 4.78 is 0. The van der Waals surface area contributed by atoms with Gasteiger partial charge in [-0.2, -0.15) is 0 Å². The van der Waals surface area contributed by atoms with E-state index in [1.807, 2.05) is 0 Å². The Balaban J connectivity index is 1.65. The highest BCUT2D eigenvalue weighted by Crippen LogP contribution is 2.29. The third-order valence-corrected chi connectivity index (χ3v) is 4.94. The number of hydrogen-bond donors (Lipinski definition) is 1. The summed E-state index contributed by atoms with van der Waals surface area (Å²) >= 11 is 0. The van der Waals surface area contributed by atoms with Crippen molar-refractivity contribution in [1.82, 2.24) is 5.32 Å².